The molecule has 2 heterocycles. The van der Waals surface area contributed by atoms with Crippen LogP contribution in [-0.4, -0.2) is 47.1 Å². The molecule has 1 aliphatic heterocycles. The number of hydrogen-bond donors (Lipinski definition) is 3. The van der Waals surface area contributed by atoms with Crippen LogP contribution in [0.4, 0.5) is 11.6 Å². The molecule has 2 aliphatic carbocycles. The van der Waals surface area contributed by atoms with Crippen molar-refractivity contribution in [1.82, 2.24) is 10.3 Å². The molecule has 0 spiro atoms. The molecule has 31 heavy (non-hydrogen) atoms. The number of carboxylic acids is 1. The lowest BCUT2D eigenvalue weighted by Crippen LogP contribution is -2.38. The molecule has 7 nitrogen and oxygen atoms in total. The van der Waals surface area contributed by atoms with Crippen LogP contribution in [0.3, 0.4) is 0 Å². The van der Waals surface area contributed by atoms with Crippen LogP contribution in [0.2, 0.25) is 0 Å². The van der Waals surface area contributed by atoms with Gasteiger partial charge in [-0.25, -0.2) is 4.98 Å². The van der Waals surface area contributed by atoms with Gasteiger partial charge in [0.2, 0.25) is 0 Å². The first-order chi connectivity index (χ1) is 15.1. The van der Waals surface area contributed by atoms with Crippen molar-refractivity contribution in [2.45, 2.75) is 89.1 Å². The molecule has 0 bridgehead atoms. The van der Waals surface area contributed by atoms with E-state index in [1.807, 2.05) is 12.1 Å². The summed E-state index contributed by atoms with van der Waals surface area (Å²) in [5, 5.41) is 16.0. The lowest BCUT2D eigenvalue weighted by molar-refractivity contribution is -0.138. The molecule has 1 atom stereocenters. The third-order valence-electron chi connectivity index (χ3n) is 7.07. The Morgan fingerprint density at radius 2 is 1.68 bits per heavy atom. The molecule has 4 rings (SSSR count). The number of hydrogen-bond acceptors (Lipinski definition) is 5. The molecule has 3 N–H and O–H groups in total. The fraction of sp³-hybridized carbons (Fsp3) is 0.708. The van der Waals surface area contributed by atoms with Crippen LogP contribution < -0.4 is 15.5 Å². The molecule has 0 aromatic carbocycles. The summed E-state index contributed by atoms with van der Waals surface area (Å²) in [5.41, 5.74) is 0.625. The average molecular weight is 429 g/mol. The summed E-state index contributed by atoms with van der Waals surface area (Å²) in [5.74, 6) is 0.892. The monoisotopic (exact) mass is 428 g/mol. The zero-order valence-corrected chi connectivity index (χ0v) is 18.4. The smallest absolute Gasteiger partial charge is 0.303 e. The number of carboxylic acid groups (broad SMARTS) is 1. The highest BCUT2D eigenvalue weighted by molar-refractivity contribution is 5.99. The zero-order chi connectivity index (χ0) is 21.6. The van der Waals surface area contributed by atoms with E-state index >= 15 is 0 Å². The Morgan fingerprint density at radius 1 is 0.968 bits per heavy atom. The van der Waals surface area contributed by atoms with Crippen molar-refractivity contribution in [3.05, 3.63) is 17.7 Å². The summed E-state index contributed by atoms with van der Waals surface area (Å²) in [6, 6.07) is 4.46. The number of carbonyl (C=O) groups is 2. The summed E-state index contributed by atoms with van der Waals surface area (Å²) < 4.78 is 0. The van der Waals surface area contributed by atoms with Crippen LogP contribution in [0, 0.1) is 5.92 Å². The van der Waals surface area contributed by atoms with Crippen LogP contribution in [-0.2, 0) is 4.79 Å². The van der Waals surface area contributed by atoms with Crippen molar-refractivity contribution in [3.8, 4) is 0 Å². The summed E-state index contributed by atoms with van der Waals surface area (Å²) in [4.78, 5) is 31.3. The van der Waals surface area contributed by atoms with Crippen LogP contribution in [0.25, 0.3) is 0 Å². The van der Waals surface area contributed by atoms with Crippen molar-refractivity contribution in [2.75, 3.05) is 23.3 Å². The van der Waals surface area contributed by atoms with Crippen LogP contribution in [0.1, 0.15) is 87.4 Å². The van der Waals surface area contributed by atoms with Gasteiger partial charge >= 0.3 is 5.97 Å². The second-order valence-electron chi connectivity index (χ2n) is 9.55. The molecule has 3 aliphatic rings. The zero-order valence-electron chi connectivity index (χ0n) is 18.4. The van der Waals surface area contributed by atoms with E-state index in [2.05, 4.69) is 15.5 Å². The maximum atomic E-state index is 13.1. The van der Waals surface area contributed by atoms with Gasteiger partial charge in [-0.15, -0.1) is 0 Å². The molecule has 3 fully saturated rings. The van der Waals surface area contributed by atoms with Gasteiger partial charge in [-0.3, -0.25) is 9.59 Å². The number of anilines is 2. The lowest BCUT2D eigenvalue weighted by atomic mass is 9.95. The maximum Gasteiger partial charge on any atom is 0.303 e. The van der Waals surface area contributed by atoms with Crippen LogP contribution in [0.15, 0.2) is 12.1 Å². The molecule has 0 unspecified atom stereocenters. The van der Waals surface area contributed by atoms with Crippen molar-refractivity contribution >= 4 is 23.5 Å². The van der Waals surface area contributed by atoms with E-state index in [9.17, 15) is 9.59 Å². The Labute approximate surface area is 185 Å². The average Bonchev–Trinajstić information content (AvgIpc) is 3.27. The minimum Gasteiger partial charge on any atom is -0.481 e. The van der Waals surface area contributed by atoms with Gasteiger partial charge < -0.3 is 20.6 Å². The van der Waals surface area contributed by atoms with Gasteiger partial charge in [-0.1, -0.05) is 32.1 Å². The fourth-order valence-corrected chi connectivity index (χ4v) is 5.38. The maximum absolute atomic E-state index is 13.1. The van der Waals surface area contributed by atoms with E-state index in [4.69, 9.17) is 10.1 Å². The molecule has 1 aromatic rings. The molecule has 0 radical (unpaired) electrons. The molecule has 2 saturated carbocycles. The SMILES string of the molecule is O=C(O)C[C@@H]1CCCN(c2ccc(C(=O)NC3CCCCC3)c(NC3CCCC3)n2)C1. The Morgan fingerprint density at radius 3 is 2.42 bits per heavy atom. The number of nitrogens with one attached hydrogen (secondary N) is 2. The van der Waals surface area contributed by atoms with Gasteiger partial charge in [-0.2, -0.15) is 0 Å². The van der Waals surface area contributed by atoms with Gasteiger partial charge in [0.25, 0.3) is 5.91 Å². The largest absolute Gasteiger partial charge is 0.481 e. The summed E-state index contributed by atoms with van der Waals surface area (Å²) >= 11 is 0. The quantitative estimate of drug-likeness (QED) is 0.603. The van der Waals surface area contributed by atoms with Gasteiger partial charge in [-0.05, 0) is 56.6 Å². The highest BCUT2D eigenvalue weighted by Gasteiger charge is 2.26. The second-order valence-corrected chi connectivity index (χ2v) is 9.55. The summed E-state index contributed by atoms with van der Waals surface area (Å²) in [7, 11) is 0. The standard InChI is InChI=1S/C24H36N4O3/c29-22(30)15-17-7-6-14-28(16-17)21-13-12-20(23(27-21)25-18-10-4-5-11-18)24(31)26-19-8-2-1-3-9-19/h12-13,17-19H,1-11,14-16H2,(H,25,27)(H,26,31)(H,29,30)/t17-/m0/s1. The van der Waals surface area contributed by atoms with Crippen LogP contribution in [0.5, 0.6) is 0 Å². The minimum atomic E-state index is -0.738. The van der Waals surface area contributed by atoms with Crippen molar-refractivity contribution in [2.24, 2.45) is 5.92 Å². The van der Waals surface area contributed by atoms with E-state index in [-0.39, 0.29) is 24.3 Å². The number of aliphatic carboxylic acids is 1. The number of nitrogens with zero attached hydrogens (tertiary/aromatic N) is 2. The Bertz CT molecular complexity index is 772. The highest BCUT2D eigenvalue weighted by Crippen LogP contribution is 2.29. The van der Waals surface area contributed by atoms with Gasteiger partial charge in [0.1, 0.15) is 11.6 Å². The van der Waals surface area contributed by atoms with E-state index in [1.54, 1.807) is 0 Å². The lowest BCUT2D eigenvalue weighted by Gasteiger charge is -2.33. The van der Waals surface area contributed by atoms with Gasteiger partial charge in [0, 0.05) is 31.6 Å². The van der Waals surface area contributed by atoms with E-state index in [1.165, 1.54) is 32.1 Å². The predicted molar refractivity (Wildman–Crippen MR) is 122 cm³/mol. The Hall–Kier alpha value is -2.31. The number of piperidine rings is 1. The van der Waals surface area contributed by atoms with Crippen LogP contribution >= 0.6 is 0 Å². The van der Waals surface area contributed by atoms with Gasteiger partial charge in [0.05, 0.1) is 5.56 Å². The van der Waals surface area contributed by atoms with Crippen molar-refractivity contribution < 1.29 is 14.7 Å². The van der Waals surface area contributed by atoms with Crippen molar-refractivity contribution in [1.29, 1.82) is 0 Å². The first-order valence-electron chi connectivity index (χ1n) is 12.1. The van der Waals surface area contributed by atoms with E-state index in [0.717, 1.165) is 50.9 Å². The highest BCUT2D eigenvalue weighted by atomic mass is 16.4. The first kappa shape index (κ1) is 21.9. The Kier molecular flexibility index (Phi) is 7.30. The van der Waals surface area contributed by atoms with Gasteiger partial charge in [0.15, 0.2) is 0 Å². The number of carbonyl (C=O) groups excluding carboxylic acids is 1. The Balaban J connectivity index is 1.52. The third kappa shape index (κ3) is 5.89. The number of pyridine rings is 1. The minimum absolute atomic E-state index is 0.0335. The van der Waals surface area contributed by atoms with E-state index in [0.29, 0.717) is 24.0 Å². The van der Waals surface area contributed by atoms with Crippen molar-refractivity contribution in [3.63, 3.8) is 0 Å². The topological polar surface area (TPSA) is 94.6 Å². The number of amides is 1. The number of rotatable bonds is 7. The molecule has 1 saturated heterocycles. The van der Waals surface area contributed by atoms with E-state index < -0.39 is 5.97 Å². The molecule has 170 valence electrons. The molecular formula is C24H36N4O3. The predicted octanol–water partition coefficient (Wildman–Crippen LogP) is 4.19. The fourth-order valence-electron chi connectivity index (χ4n) is 5.38. The number of aromatic nitrogens is 1. The molecule has 1 aromatic heterocycles. The molecule has 7 heteroatoms. The summed E-state index contributed by atoms with van der Waals surface area (Å²) in [6.07, 6.45) is 12.5. The molecule has 1 amide bonds. The molecular weight excluding hydrogens is 392 g/mol. The first-order valence-corrected chi connectivity index (χ1v) is 12.1. The third-order valence-corrected chi connectivity index (χ3v) is 7.07. The normalized spacial score (nSPS) is 23.0. The summed E-state index contributed by atoms with van der Waals surface area (Å²) in [6.45, 7) is 1.58. The second kappa shape index (κ2) is 10.3.